The van der Waals surface area contributed by atoms with Crippen molar-refractivity contribution in [3.05, 3.63) is 29.8 Å². The maximum atomic E-state index is 13.6. The molecule has 0 bridgehead atoms. The summed E-state index contributed by atoms with van der Waals surface area (Å²) < 4.78 is 13.6. The van der Waals surface area contributed by atoms with Crippen molar-refractivity contribution >= 4 is 11.8 Å². The van der Waals surface area contributed by atoms with Gasteiger partial charge in [0.05, 0.1) is 18.3 Å². The van der Waals surface area contributed by atoms with Crippen LogP contribution < -0.4 is 5.73 Å². The van der Waals surface area contributed by atoms with E-state index in [1.807, 2.05) is 0 Å². The summed E-state index contributed by atoms with van der Waals surface area (Å²) in [6.45, 7) is -0.175. The third-order valence-corrected chi connectivity index (χ3v) is 3.36. The largest absolute Gasteiger partial charge is 0.368 e. The Balaban J connectivity index is 2.24. The van der Waals surface area contributed by atoms with Crippen molar-refractivity contribution in [2.75, 3.05) is 6.54 Å². The Morgan fingerprint density at radius 3 is 2.68 bits per heavy atom. The highest BCUT2D eigenvalue weighted by molar-refractivity contribution is 5.96. The predicted octanol–water partition coefficient (Wildman–Crippen LogP) is 1.09. The van der Waals surface area contributed by atoms with Crippen LogP contribution in [0.25, 0.3) is 0 Å². The number of hydrogen-bond acceptors (Lipinski definition) is 3. The Labute approximate surface area is 110 Å². The molecule has 0 spiro atoms. The van der Waals surface area contributed by atoms with Gasteiger partial charge in [-0.2, -0.15) is 0 Å². The van der Waals surface area contributed by atoms with E-state index in [9.17, 15) is 14.0 Å². The lowest BCUT2D eigenvalue weighted by molar-refractivity contribution is -0.119. The van der Waals surface area contributed by atoms with Crippen molar-refractivity contribution in [2.24, 2.45) is 5.73 Å². The van der Waals surface area contributed by atoms with E-state index >= 15 is 0 Å². The van der Waals surface area contributed by atoms with Gasteiger partial charge in [0.1, 0.15) is 0 Å². The van der Waals surface area contributed by atoms with Gasteiger partial charge in [0.15, 0.2) is 5.82 Å². The molecule has 1 aromatic rings. The Hall–Kier alpha value is -1.98. The number of rotatable bonds is 4. The molecule has 1 aliphatic carbocycles. The number of pyridine rings is 1. The Morgan fingerprint density at radius 1 is 1.42 bits per heavy atom. The molecule has 2 N–H and O–H groups in total. The maximum Gasteiger partial charge on any atom is 0.257 e. The highest BCUT2D eigenvalue weighted by Gasteiger charge is 2.29. The lowest BCUT2D eigenvalue weighted by atomic mass is 10.1. The molecule has 0 saturated heterocycles. The Kier molecular flexibility index (Phi) is 4.09. The van der Waals surface area contributed by atoms with Crippen LogP contribution in [-0.2, 0) is 4.79 Å². The predicted molar refractivity (Wildman–Crippen MR) is 66.7 cm³/mol. The fraction of sp³-hybridized carbons (Fsp3) is 0.462. The van der Waals surface area contributed by atoms with Crippen molar-refractivity contribution in [3.63, 3.8) is 0 Å². The van der Waals surface area contributed by atoms with Crippen LogP contribution in [0.4, 0.5) is 4.39 Å². The van der Waals surface area contributed by atoms with E-state index in [1.54, 1.807) is 0 Å². The average Bonchev–Trinajstić information content (AvgIpc) is 2.89. The number of nitrogens with zero attached hydrogens (tertiary/aromatic N) is 2. The van der Waals surface area contributed by atoms with Crippen LogP contribution in [0, 0.1) is 5.82 Å². The Morgan fingerprint density at radius 2 is 2.11 bits per heavy atom. The quantitative estimate of drug-likeness (QED) is 0.885. The van der Waals surface area contributed by atoms with Gasteiger partial charge in [0.2, 0.25) is 5.91 Å². The molecule has 0 radical (unpaired) electrons. The standard InChI is InChI=1S/C13H16FN3O2/c14-11-7-16-6-5-10(11)13(19)17(8-12(15)18)9-3-1-2-4-9/h5-7,9H,1-4,8H2,(H2,15,18). The molecule has 1 heterocycles. The molecular formula is C13H16FN3O2. The molecule has 102 valence electrons. The molecule has 0 atom stereocenters. The van der Waals surface area contributed by atoms with E-state index in [4.69, 9.17) is 5.73 Å². The minimum atomic E-state index is -0.681. The van der Waals surface area contributed by atoms with E-state index in [0.717, 1.165) is 31.9 Å². The van der Waals surface area contributed by atoms with Crippen molar-refractivity contribution in [1.29, 1.82) is 0 Å². The van der Waals surface area contributed by atoms with Crippen LogP contribution in [0.2, 0.25) is 0 Å². The monoisotopic (exact) mass is 265 g/mol. The summed E-state index contributed by atoms with van der Waals surface area (Å²) in [5.41, 5.74) is 5.11. The molecule has 0 unspecified atom stereocenters. The lowest BCUT2D eigenvalue weighted by Gasteiger charge is -2.27. The van der Waals surface area contributed by atoms with Crippen LogP contribution in [0.3, 0.4) is 0 Å². The normalized spacial score (nSPS) is 15.4. The first-order valence-electron chi connectivity index (χ1n) is 6.28. The lowest BCUT2D eigenvalue weighted by Crippen LogP contribution is -2.44. The van der Waals surface area contributed by atoms with Gasteiger partial charge in [-0.15, -0.1) is 0 Å². The van der Waals surface area contributed by atoms with Gasteiger partial charge in [0, 0.05) is 12.2 Å². The number of aromatic nitrogens is 1. The smallest absolute Gasteiger partial charge is 0.257 e. The summed E-state index contributed by atoms with van der Waals surface area (Å²) >= 11 is 0. The van der Waals surface area contributed by atoms with Gasteiger partial charge in [-0.25, -0.2) is 4.39 Å². The molecule has 6 heteroatoms. The zero-order valence-electron chi connectivity index (χ0n) is 10.5. The minimum absolute atomic E-state index is 0.0347. The molecule has 0 aromatic carbocycles. The van der Waals surface area contributed by atoms with Crippen molar-refractivity contribution in [3.8, 4) is 0 Å². The SMILES string of the molecule is NC(=O)CN(C(=O)c1ccncc1F)C1CCCC1. The number of halogens is 1. The van der Waals surface area contributed by atoms with Gasteiger partial charge in [-0.05, 0) is 18.9 Å². The van der Waals surface area contributed by atoms with Crippen molar-refractivity contribution in [2.45, 2.75) is 31.7 Å². The third kappa shape index (κ3) is 3.07. The fourth-order valence-electron chi connectivity index (χ4n) is 2.45. The molecule has 1 fully saturated rings. The average molecular weight is 265 g/mol. The highest BCUT2D eigenvalue weighted by atomic mass is 19.1. The van der Waals surface area contributed by atoms with Crippen molar-refractivity contribution in [1.82, 2.24) is 9.88 Å². The summed E-state index contributed by atoms with van der Waals surface area (Å²) in [5.74, 6) is -1.76. The second-order valence-corrected chi connectivity index (χ2v) is 4.69. The zero-order valence-corrected chi connectivity index (χ0v) is 10.5. The van der Waals surface area contributed by atoms with Gasteiger partial charge >= 0.3 is 0 Å². The second-order valence-electron chi connectivity index (χ2n) is 4.69. The molecule has 19 heavy (non-hydrogen) atoms. The first kappa shape index (κ1) is 13.5. The number of hydrogen-bond donors (Lipinski definition) is 1. The van der Waals surface area contributed by atoms with Gasteiger partial charge in [-0.1, -0.05) is 12.8 Å². The maximum absolute atomic E-state index is 13.6. The van der Waals surface area contributed by atoms with Gasteiger partial charge in [0.25, 0.3) is 5.91 Å². The molecule has 2 rings (SSSR count). The van der Waals surface area contributed by atoms with Crippen LogP contribution in [0.5, 0.6) is 0 Å². The number of carbonyl (C=O) groups excluding carboxylic acids is 2. The summed E-state index contributed by atoms with van der Waals surface area (Å²) in [6.07, 6.45) is 6.01. The summed E-state index contributed by atoms with van der Waals surface area (Å²) in [5, 5.41) is 0. The molecule has 1 saturated carbocycles. The van der Waals surface area contributed by atoms with E-state index in [2.05, 4.69) is 4.98 Å². The first-order valence-corrected chi connectivity index (χ1v) is 6.28. The number of primary amides is 1. The fourth-order valence-corrected chi connectivity index (χ4v) is 2.45. The summed E-state index contributed by atoms with van der Waals surface area (Å²) in [4.78, 5) is 28.4. The van der Waals surface area contributed by atoms with E-state index in [0.29, 0.717) is 0 Å². The van der Waals surface area contributed by atoms with Crippen LogP contribution in [-0.4, -0.2) is 34.3 Å². The second kappa shape index (κ2) is 5.77. The Bertz CT molecular complexity index is 487. The van der Waals surface area contributed by atoms with E-state index in [-0.39, 0.29) is 18.2 Å². The summed E-state index contributed by atoms with van der Waals surface area (Å²) in [6, 6.07) is 1.29. The molecular weight excluding hydrogens is 249 g/mol. The number of amides is 2. The zero-order chi connectivity index (χ0) is 13.8. The molecule has 0 aliphatic heterocycles. The van der Waals surface area contributed by atoms with Crippen LogP contribution in [0.15, 0.2) is 18.5 Å². The van der Waals surface area contributed by atoms with E-state index < -0.39 is 17.6 Å². The van der Waals surface area contributed by atoms with E-state index in [1.165, 1.54) is 17.2 Å². The van der Waals surface area contributed by atoms with Crippen molar-refractivity contribution < 1.29 is 14.0 Å². The molecule has 1 aliphatic rings. The van der Waals surface area contributed by atoms with Crippen LogP contribution in [0.1, 0.15) is 36.0 Å². The van der Waals surface area contributed by atoms with Gasteiger partial charge < -0.3 is 10.6 Å². The third-order valence-electron chi connectivity index (χ3n) is 3.36. The molecule has 1 aromatic heterocycles. The minimum Gasteiger partial charge on any atom is -0.368 e. The number of carbonyl (C=O) groups is 2. The molecule has 2 amide bonds. The van der Waals surface area contributed by atoms with Crippen LogP contribution >= 0.6 is 0 Å². The topological polar surface area (TPSA) is 76.3 Å². The number of nitrogens with two attached hydrogens (primary N) is 1. The molecule has 5 nitrogen and oxygen atoms in total. The summed E-state index contributed by atoms with van der Waals surface area (Å²) in [7, 11) is 0. The first-order chi connectivity index (χ1) is 9.09. The highest BCUT2D eigenvalue weighted by Crippen LogP contribution is 2.25. The van der Waals surface area contributed by atoms with Gasteiger partial charge in [-0.3, -0.25) is 14.6 Å².